The summed E-state index contributed by atoms with van der Waals surface area (Å²) in [5.41, 5.74) is 0. The third-order valence-corrected chi connectivity index (χ3v) is 1.88. The first-order valence-corrected chi connectivity index (χ1v) is 6.69. The molecule has 0 fully saturated rings. The maximum Gasteiger partial charge on any atom is 0.144 e. The minimum Gasteiger partial charge on any atom is -0.243 e. The van der Waals surface area contributed by atoms with Crippen molar-refractivity contribution in [2.24, 2.45) is 0 Å². The summed E-state index contributed by atoms with van der Waals surface area (Å²) in [6.07, 6.45) is 3.97. The van der Waals surface area contributed by atoms with Crippen molar-refractivity contribution >= 4 is 37.4 Å². The van der Waals surface area contributed by atoms with Gasteiger partial charge in [0.05, 0.1) is 4.47 Å². The quantitative estimate of drug-likeness (QED) is 0.687. The van der Waals surface area contributed by atoms with Crippen LogP contribution in [0.5, 0.6) is 0 Å². The van der Waals surface area contributed by atoms with Gasteiger partial charge < -0.3 is 0 Å². The first kappa shape index (κ1) is 12.9. The molecule has 0 unspecified atom stereocenters. The normalized spacial score (nSPS) is 10.2. The summed E-state index contributed by atoms with van der Waals surface area (Å²) < 4.78 is 20.1. The van der Waals surface area contributed by atoms with Crippen LogP contribution in [-0.4, -0.2) is 25.9 Å². The predicted octanol–water partition coefficient (Wildman–Crippen LogP) is 2.16. The number of nitrogens with zero attached hydrogens (tertiary/aromatic N) is 1. The highest BCUT2D eigenvalue weighted by Crippen LogP contribution is 2.17. The molecule has 1 heterocycles. The van der Waals surface area contributed by atoms with E-state index in [4.69, 9.17) is 11.6 Å². The summed E-state index contributed by atoms with van der Waals surface area (Å²) in [5, 5.41) is 0.507. The van der Waals surface area contributed by atoms with Gasteiger partial charge in [0.15, 0.2) is 0 Å². The first-order chi connectivity index (χ1) is 5.80. The van der Waals surface area contributed by atoms with Crippen LogP contribution in [-0.2, 0) is 9.84 Å². The van der Waals surface area contributed by atoms with Gasteiger partial charge in [0.1, 0.15) is 15.0 Å². The SMILES string of the molecule is CS(C)(=O)=O.Clc1ncccc1Br. The van der Waals surface area contributed by atoms with Crippen LogP contribution in [0.3, 0.4) is 0 Å². The molecule has 1 aromatic rings. The molecule has 74 valence electrons. The number of rotatable bonds is 0. The summed E-state index contributed by atoms with van der Waals surface area (Å²) >= 11 is 8.75. The minimum absolute atomic E-state index is 0.507. The second-order valence-electron chi connectivity index (χ2n) is 2.42. The highest BCUT2D eigenvalue weighted by molar-refractivity contribution is 9.10. The number of sulfone groups is 1. The first-order valence-electron chi connectivity index (χ1n) is 3.21. The van der Waals surface area contributed by atoms with Crippen molar-refractivity contribution in [3.63, 3.8) is 0 Å². The monoisotopic (exact) mass is 285 g/mol. The summed E-state index contributed by atoms with van der Waals surface area (Å²) in [6, 6.07) is 3.66. The molecule has 0 aromatic carbocycles. The van der Waals surface area contributed by atoms with Gasteiger partial charge in [-0.2, -0.15) is 0 Å². The van der Waals surface area contributed by atoms with Crippen molar-refractivity contribution in [3.8, 4) is 0 Å². The van der Waals surface area contributed by atoms with Crippen molar-refractivity contribution < 1.29 is 8.42 Å². The largest absolute Gasteiger partial charge is 0.243 e. The molecule has 6 heteroatoms. The molecule has 0 bridgehead atoms. The Balaban J connectivity index is 0.000000252. The zero-order chi connectivity index (χ0) is 10.5. The Morgan fingerprint density at radius 3 is 2.15 bits per heavy atom. The van der Waals surface area contributed by atoms with E-state index in [1.807, 2.05) is 12.1 Å². The molecule has 1 rings (SSSR count). The Bertz CT molecular complexity index is 338. The van der Waals surface area contributed by atoms with Gasteiger partial charge in [-0.15, -0.1) is 0 Å². The van der Waals surface area contributed by atoms with Crippen LogP contribution in [0.2, 0.25) is 5.15 Å². The van der Waals surface area contributed by atoms with Gasteiger partial charge in [-0.25, -0.2) is 13.4 Å². The molecule has 0 aliphatic carbocycles. The van der Waals surface area contributed by atoms with Crippen LogP contribution >= 0.6 is 27.5 Å². The van der Waals surface area contributed by atoms with Crippen molar-refractivity contribution in [3.05, 3.63) is 28.0 Å². The van der Waals surface area contributed by atoms with Crippen LogP contribution < -0.4 is 0 Å². The molecule has 0 spiro atoms. The Morgan fingerprint density at radius 2 is 1.92 bits per heavy atom. The van der Waals surface area contributed by atoms with Crippen LogP contribution in [0, 0.1) is 0 Å². The summed E-state index contributed by atoms with van der Waals surface area (Å²) in [6.45, 7) is 0. The maximum atomic E-state index is 9.63. The molecule has 0 amide bonds. The third-order valence-electron chi connectivity index (χ3n) is 0.714. The maximum absolute atomic E-state index is 9.63. The van der Waals surface area contributed by atoms with Crippen molar-refractivity contribution in [2.75, 3.05) is 12.5 Å². The smallest absolute Gasteiger partial charge is 0.144 e. The molecule has 0 saturated carbocycles. The zero-order valence-electron chi connectivity index (χ0n) is 7.16. The van der Waals surface area contributed by atoms with Gasteiger partial charge in [0.25, 0.3) is 0 Å². The topological polar surface area (TPSA) is 47.0 Å². The van der Waals surface area contributed by atoms with Gasteiger partial charge in [0.2, 0.25) is 0 Å². The number of hydrogen-bond donors (Lipinski definition) is 0. The lowest BCUT2D eigenvalue weighted by atomic mass is 10.5. The van der Waals surface area contributed by atoms with Gasteiger partial charge >= 0.3 is 0 Å². The van der Waals surface area contributed by atoms with Crippen molar-refractivity contribution in [1.82, 2.24) is 4.98 Å². The van der Waals surface area contributed by atoms with Crippen LogP contribution in [0.4, 0.5) is 0 Å². The zero-order valence-corrected chi connectivity index (χ0v) is 10.3. The summed E-state index contributed by atoms with van der Waals surface area (Å²) in [7, 11) is -2.67. The van der Waals surface area contributed by atoms with E-state index in [2.05, 4.69) is 20.9 Å². The summed E-state index contributed by atoms with van der Waals surface area (Å²) in [4.78, 5) is 3.80. The average Bonchev–Trinajstić information content (AvgIpc) is 1.92. The van der Waals surface area contributed by atoms with E-state index in [0.717, 1.165) is 17.0 Å². The molecular formula is C7H9BrClNO2S. The van der Waals surface area contributed by atoms with E-state index in [9.17, 15) is 8.42 Å². The fourth-order valence-corrected chi connectivity index (χ4v) is 0.741. The predicted molar refractivity (Wildman–Crippen MR) is 57.7 cm³/mol. The van der Waals surface area contributed by atoms with E-state index in [-0.39, 0.29) is 0 Å². The van der Waals surface area contributed by atoms with Crippen LogP contribution in [0.1, 0.15) is 0 Å². The van der Waals surface area contributed by atoms with Crippen molar-refractivity contribution in [1.29, 1.82) is 0 Å². The lowest BCUT2D eigenvalue weighted by Crippen LogP contribution is -1.86. The van der Waals surface area contributed by atoms with Gasteiger partial charge in [-0.05, 0) is 28.1 Å². The van der Waals surface area contributed by atoms with E-state index in [1.54, 1.807) is 6.20 Å². The lowest BCUT2D eigenvalue weighted by Gasteiger charge is -1.88. The van der Waals surface area contributed by atoms with Crippen LogP contribution in [0.15, 0.2) is 22.8 Å². The molecular weight excluding hydrogens is 278 g/mol. The molecule has 0 aliphatic rings. The molecule has 3 nitrogen and oxygen atoms in total. The Morgan fingerprint density at radius 1 is 1.46 bits per heavy atom. The fraction of sp³-hybridized carbons (Fsp3) is 0.286. The minimum atomic E-state index is -2.67. The van der Waals surface area contributed by atoms with Gasteiger partial charge in [0, 0.05) is 18.7 Å². The molecule has 1 aromatic heterocycles. The molecule has 13 heavy (non-hydrogen) atoms. The van der Waals surface area contributed by atoms with Gasteiger partial charge in [-0.3, -0.25) is 0 Å². The molecule has 0 radical (unpaired) electrons. The second kappa shape index (κ2) is 5.57. The molecule has 0 atom stereocenters. The number of hydrogen-bond acceptors (Lipinski definition) is 3. The number of pyridine rings is 1. The van der Waals surface area contributed by atoms with E-state index < -0.39 is 9.84 Å². The van der Waals surface area contributed by atoms with E-state index in [0.29, 0.717) is 5.15 Å². The van der Waals surface area contributed by atoms with Gasteiger partial charge in [-0.1, -0.05) is 11.6 Å². The van der Waals surface area contributed by atoms with Crippen molar-refractivity contribution in [2.45, 2.75) is 0 Å². The highest BCUT2D eigenvalue weighted by Gasteiger charge is 1.90. The van der Waals surface area contributed by atoms with E-state index >= 15 is 0 Å². The van der Waals surface area contributed by atoms with E-state index in [1.165, 1.54) is 0 Å². The Labute approximate surface area is 91.2 Å². The molecule has 0 N–H and O–H groups in total. The Kier molecular flexibility index (Phi) is 5.51. The fourth-order valence-electron chi connectivity index (χ4n) is 0.366. The van der Waals surface area contributed by atoms with Crippen LogP contribution in [0.25, 0.3) is 0 Å². The molecule has 0 saturated heterocycles. The second-order valence-corrected chi connectivity index (χ2v) is 5.92. The third kappa shape index (κ3) is 9.79. The number of aromatic nitrogens is 1. The lowest BCUT2D eigenvalue weighted by molar-refractivity contribution is 0.607. The summed E-state index contributed by atoms with van der Waals surface area (Å²) in [5.74, 6) is 0. The number of halogens is 2. The average molecular weight is 287 g/mol. The standard InChI is InChI=1S/C5H3BrClN.C2H6O2S/c6-4-2-1-3-8-5(4)7;1-5(2,3)4/h1-3H;1-2H3. The Hall–Kier alpha value is -0.130. The molecule has 0 aliphatic heterocycles. The highest BCUT2D eigenvalue weighted by atomic mass is 79.9.